The molecule has 5 heteroatoms. The monoisotopic (exact) mass is 353 g/mol. The van der Waals surface area contributed by atoms with Gasteiger partial charge in [-0.3, -0.25) is 4.79 Å². The molecule has 1 aromatic carbocycles. The van der Waals surface area contributed by atoms with E-state index < -0.39 is 5.97 Å². The highest BCUT2D eigenvalue weighted by molar-refractivity contribution is 9.10. The summed E-state index contributed by atoms with van der Waals surface area (Å²) in [4.78, 5) is 23.1. The molecule has 0 bridgehead atoms. The molecule has 0 aromatic heterocycles. The number of halogens is 1. The van der Waals surface area contributed by atoms with Crippen LogP contribution >= 0.6 is 15.9 Å². The van der Waals surface area contributed by atoms with Crippen LogP contribution in [0.15, 0.2) is 34.8 Å². The lowest BCUT2D eigenvalue weighted by Crippen LogP contribution is -2.36. The molecule has 0 aliphatic heterocycles. The average molecular weight is 354 g/mol. The highest BCUT2D eigenvalue weighted by Gasteiger charge is 2.09. The number of nitrogens with one attached hydrogen (secondary N) is 1. The number of rotatable bonds is 7. The van der Waals surface area contributed by atoms with Crippen molar-refractivity contribution in [3.63, 3.8) is 0 Å². The van der Waals surface area contributed by atoms with Gasteiger partial charge < -0.3 is 10.1 Å². The standard InChI is InChI=1S/C16H20BrNO3/c1-3-14(4-2)18-15(19)11-21-16(20)9-8-12-6-5-7-13(17)10-12/h5-10,14H,3-4,11H2,1-2H3,(H,18,19)/b9-8+. The van der Waals surface area contributed by atoms with Crippen LogP contribution in [0.2, 0.25) is 0 Å². The molecule has 1 aromatic rings. The van der Waals surface area contributed by atoms with Gasteiger partial charge in [0.15, 0.2) is 6.61 Å². The number of hydrogen-bond acceptors (Lipinski definition) is 3. The zero-order valence-corrected chi connectivity index (χ0v) is 13.9. The van der Waals surface area contributed by atoms with Gasteiger partial charge in [0, 0.05) is 16.6 Å². The van der Waals surface area contributed by atoms with E-state index in [-0.39, 0.29) is 18.6 Å². The van der Waals surface area contributed by atoms with E-state index >= 15 is 0 Å². The highest BCUT2D eigenvalue weighted by Crippen LogP contribution is 2.12. The Balaban J connectivity index is 2.39. The van der Waals surface area contributed by atoms with Crippen molar-refractivity contribution >= 4 is 33.9 Å². The summed E-state index contributed by atoms with van der Waals surface area (Å²) in [7, 11) is 0. The molecule has 114 valence electrons. The molecule has 0 saturated carbocycles. The largest absolute Gasteiger partial charge is 0.452 e. The van der Waals surface area contributed by atoms with Gasteiger partial charge in [-0.1, -0.05) is 41.9 Å². The lowest BCUT2D eigenvalue weighted by molar-refractivity contribution is -0.144. The molecule has 0 fully saturated rings. The van der Waals surface area contributed by atoms with Crippen LogP contribution in [0.3, 0.4) is 0 Å². The van der Waals surface area contributed by atoms with Crippen LogP contribution in [-0.4, -0.2) is 24.5 Å². The Bertz CT molecular complexity index is 510. The van der Waals surface area contributed by atoms with Crippen LogP contribution in [-0.2, 0) is 14.3 Å². The van der Waals surface area contributed by atoms with E-state index in [1.807, 2.05) is 38.1 Å². The van der Waals surface area contributed by atoms with Crippen LogP contribution in [0.5, 0.6) is 0 Å². The Morgan fingerprint density at radius 2 is 2.05 bits per heavy atom. The maximum Gasteiger partial charge on any atom is 0.331 e. The second-order valence-corrected chi connectivity index (χ2v) is 5.49. The van der Waals surface area contributed by atoms with Crippen LogP contribution in [0, 0.1) is 0 Å². The first-order chi connectivity index (χ1) is 10.0. The number of ether oxygens (including phenoxy) is 1. The van der Waals surface area contributed by atoms with Crippen molar-refractivity contribution in [2.75, 3.05) is 6.61 Å². The zero-order chi connectivity index (χ0) is 15.7. The van der Waals surface area contributed by atoms with Crippen molar-refractivity contribution in [1.29, 1.82) is 0 Å². The molecule has 0 atom stereocenters. The van der Waals surface area contributed by atoms with E-state index in [2.05, 4.69) is 21.2 Å². The lowest BCUT2D eigenvalue weighted by atomic mass is 10.2. The first kappa shape index (κ1) is 17.4. The molecular weight excluding hydrogens is 334 g/mol. The molecule has 0 saturated heterocycles. The molecule has 1 rings (SSSR count). The van der Waals surface area contributed by atoms with E-state index in [1.165, 1.54) is 6.08 Å². The second-order valence-electron chi connectivity index (χ2n) is 4.58. The summed E-state index contributed by atoms with van der Waals surface area (Å²) in [5.41, 5.74) is 0.878. The zero-order valence-electron chi connectivity index (χ0n) is 12.3. The minimum absolute atomic E-state index is 0.133. The summed E-state index contributed by atoms with van der Waals surface area (Å²) < 4.78 is 5.83. The summed E-state index contributed by atoms with van der Waals surface area (Å²) in [5.74, 6) is -0.803. The minimum atomic E-state index is -0.533. The van der Waals surface area contributed by atoms with Gasteiger partial charge in [0.05, 0.1) is 0 Å². The molecule has 1 N–H and O–H groups in total. The van der Waals surface area contributed by atoms with E-state index in [0.717, 1.165) is 22.9 Å². The van der Waals surface area contributed by atoms with Crippen molar-refractivity contribution in [3.8, 4) is 0 Å². The quantitative estimate of drug-likeness (QED) is 0.604. The Morgan fingerprint density at radius 1 is 1.33 bits per heavy atom. The lowest BCUT2D eigenvalue weighted by Gasteiger charge is -2.14. The Labute approximate surface area is 133 Å². The van der Waals surface area contributed by atoms with Gasteiger partial charge in [-0.2, -0.15) is 0 Å². The summed E-state index contributed by atoms with van der Waals surface area (Å²) in [5, 5.41) is 2.81. The molecule has 0 aliphatic carbocycles. The molecular formula is C16H20BrNO3. The molecule has 0 spiro atoms. The fourth-order valence-electron chi connectivity index (χ4n) is 1.72. The number of esters is 1. The SMILES string of the molecule is CCC(CC)NC(=O)COC(=O)/C=C/c1cccc(Br)c1. The molecule has 1 amide bonds. The summed E-state index contributed by atoms with van der Waals surface area (Å²) >= 11 is 3.35. The predicted molar refractivity (Wildman–Crippen MR) is 86.6 cm³/mol. The Morgan fingerprint density at radius 3 is 2.67 bits per heavy atom. The van der Waals surface area contributed by atoms with E-state index in [9.17, 15) is 9.59 Å². The number of benzene rings is 1. The molecule has 0 unspecified atom stereocenters. The molecule has 0 heterocycles. The van der Waals surface area contributed by atoms with Gasteiger partial charge in [-0.25, -0.2) is 4.79 Å². The van der Waals surface area contributed by atoms with Crippen LogP contribution in [0.25, 0.3) is 6.08 Å². The van der Waals surface area contributed by atoms with Crippen molar-refractivity contribution in [2.45, 2.75) is 32.7 Å². The first-order valence-corrected chi connectivity index (χ1v) is 7.74. The van der Waals surface area contributed by atoms with E-state index in [1.54, 1.807) is 6.08 Å². The molecule has 21 heavy (non-hydrogen) atoms. The number of hydrogen-bond donors (Lipinski definition) is 1. The fraction of sp³-hybridized carbons (Fsp3) is 0.375. The third-order valence-corrected chi connectivity index (χ3v) is 3.45. The van der Waals surface area contributed by atoms with Crippen LogP contribution in [0.4, 0.5) is 0 Å². The number of amides is 1. The van der Waals surface area contributed by atoms with Gasteiger partial charge >= 0.3 is 5.97 Å². The molecule has 0 radical (unpaired) electrons. The van der Waals surface area contributed by atoms with E-state index in [4.69, 9.17) is 4.74 Å². The highest BCUT2D eigenvalue weighted by atomic mass is 79.9. The normalized spacial score (nSPS) is 10.9. The maximum absolute atomic E-state index is 11.6. The Kier molecular flexibility index (Phi) is 7.75. The van der Waals surface area contributed by atoms with Gasteiger partial charge in [-0.05, 0) is 36.6 Å². The second kappa shape index (κ2) is 9.34. The van der Waals surface area contributed by atoms with Gasteiger partial charge in [0.1, 0.15) is 0 Å². The van der Waals surface area contributed by atoms with Crippen molar-refractivity contribution in [1.82, 2.24) is 5.32 Å². The summed E-state index contributed by atoms with van der Waals surface area (Å²) in [6, 6.07) is 7.65. The Hall–Kier alpha value is -1.62. The summed E-state index contributed by atoms with van der Waals surface area (Å²) in [6.45, 7) is 3.75. The first-order valence-electron chi connectivity index (χ1n) is 6.95. The third kappa shape index (κ3) is 7.09. The minimum Gasteiger partial charge on any atom is -0.452 e. The van der Waals surface area contributed by atoms with E-state index in [0.29, 0.717) is 0 Å². The fourth-order valence-corrected chi connectivity index (χ4v) is 2.14. The maximum atomic E-state index is 11.6. The van der Waals surface area contributed by atoms with Crippen molar-refractivity contribution < 1.29 is 14.3 Å². The third-order valence-electron chi connectivity index (χ3n) is 2.96. The smallest absolute Gasteiger partial charge is 0.331 e. The molecule has 0 aliphatic rings. The topological polar surface area (TPSA) is 55.4 Å². The van der Waals surface area contributed by atoms with Gasteiger partial charge in [0.2, 0.25) is 0 Å². The van der Waals surface area contributed by atoms with Crippen LogP contribution in [0.1, 0.15) is 32.3 Å². The van der Waals surface area contributed by atoms with Crippen LogP contribution < -0.4 is 5.32 Å². The average Bonchev–Trinajstić information content (AvgIpc) is 2.48. The predicted octanol–water partition coefficient (Wildman–Crippen LogP) is 3.31. The van der Waals surface area contributed by atoms with Gasteiger partial charge in [-0.15, -0.1) is 0 Å². The van der Waals surface area contributed by atoms with Crippen molar-refractivity contribution in [2.24, 2.45) is 0 Å². The summed E-state index contributed by atoms with van der Waals surface area (Å²) in [6.07, 6.45) is 4.68. The number of carbonyl (C=O) groups is 2. The van der Waals surface area contributed by atoms with Crippen molar-refractivity contribution in [3.05, 3.63) is 40.4 Å². The molecule has 4 nitrogen and oxygen atoms in total. The number of carbonyl (C=O) groups excluding carboxylic acids is 2. The van der Waals surface area contributed by atoms with Gasteiger partial charge in [0.25, 0.3) is 5.91 Å².